The number of nitrogens with one attached hydrogen (secondary N) is 1. The van der Waals surface area contributed by atoms with Crippen molar-refractivity contribution in [2.75, 3.05) is 0 Å². The van der Waals surface area contributed by atoms with Gasteiger partial charge in [-0.25, -0.2) is 0 Å². The molecule has 0 fully saturated rings. The van der Waals surface area contributed by atoms with Crippen molar-refractivity contribution in [3.63, 3.8) is 0 Å². The van der Waals surface area contributed by atoms with Crippen LogP contribution in [0.5, 0.6) is 5.75 Å². The first-order valence-electron chi connectivity index (χ1n) is 3.77. The van der Waals surface area contributed by atoms with E-state index in [1.54, 1.807) is 0 Å². The quantitative estimate of drug-likeness (QED) is 0.280. The highest BCUT2D eigenvalue weighted by molar-refractivity contribution is 14.1. The van der Waals surface area contributed by atoms with Gasteiger partial charge < -0.3 is 10.8 Å². The maximum Gasteiger partial charge on any atom is 0.184 e. The molecule has 0 saturated heterocycles. The number of aromatic hydroxyl groups is 1. The van der Waals surface area contributed by atoms with Gasteiger partial charge in [0.25, 0.3) is 0 Å². The van der Waals surface area contributed by atoms with Gasteiger partial charge in [0.15, 0.2) is 5.11 Å². The number of hydrogen-bond donors (Lipinski definition) is 3. The van der Waals surface area contributed by atoms with Crippen molar-refractivity contribution in [1.29, 1.82) is 0 Å². The van der Waals surface area contributed by atoms with E-state index in [4.69, 9.17) is 5.73 Å². The van der Waals surface area contributed by atoms with E-state index in [2.05, 4.69) is 67.9 Å². The van der Waals surface area contributed by atoms with Crippen LogP contribution in [-0.4, -0.2) is 16.4 Å². The lowest BCUT2D eigenvalue weighted by Gasteiger charge is -2.02. The Bertz CT molecular complexity index is 423. The zero-order valence-corrected chi connectivity index (χ0v) is 12.5. The Morgan fingerprint density at radius 3 is 2.80 bits per heavy atom. The van der Waals surface area contributed by atoms with Gasteiger partial charge in [-0.3, -0.25) is 5.43 Å². The Labute approximate surface area is 120 Å². The van der Waals surface area contributed by atoms with E-state index in [0.29, 0.717) is 5.56 Å². The predicted octanol–water partition coefficient (Wildman–Crippen LogP) is 1.77. The maximum absolute atomic E-state index is 9.69. The average Bonchev–Trinajstić information content (AvgIpc) is 2.12. The predicted molar refractivity (Wildman–Crippen MR) is 81.1 cm³/mol. The van der Waals surface area contributed by atoms with Crippen LogP contribution >= 0.6 is 57.4 Å². The second-order valence-electron chi connectivity index (χ2n) is 2.56. The molecule has 0 aliphatic rings. The lowest BCUT2D eigenvalue weighted by Crippen LogP contribution is -2.24. The lowest BCUT2D eigenvalue weighted by molar-refractivity contribution is 0.470. The molecule has 1 rings (SSSR count). The van der Waals surface area contributed by atoms with Crippen molar-refractivity contribution < 1.29 is 5.11 Å². The zero-order chi connectivity index (χ0) is 11.4. The summed E-state index contributed by atoms with van der Waals surface area (Å²) >= 11 is 8.80. The first kappa shape index (κ1) is 12.9. The van der Waals surface area contributed by atoms with E-state index in [9.17, 15) is 5.11 Å². The molecule has 0 aromatic heterocycles. The van der Waals surface area contributed by atoms with Crippen molar-refractivity contribution in [3.8, 4) is 5.75 Å². The molecule has 1 aromatic rings. The van der Waals surface area contributed by atoms with Crippen LogP contribution in [0.3, 0.4) is 0 Å². The Balaban J connectivity index is 2.94. The Morgan fingerprint density at radius 2 is 2.20 bits per heavy atom. The summed E-state index contributed by atoms with van der Waals surface area (Å²) in [6.45, 7) is 0. The summed E-state index contributed by atoms with van der Waals surface area (Å²) in [5, 5.41) is 13.6. The topological polar surface area (TPSA) is 70.6 Å². The molecule has 0 radical (unpaired) electrons. The van der Waals surface area contributed by atoms with E-state index < -0.39 is 0 Å². The molecule has 4 nitrogen and oxygen atoms in total. The minimum atomic E-state index is 0.0889. The molecule has 0 bridgehead atoms. The second-order valence-corrected chi connectivity index (χ2v) is 5.41. The molecular formula is C8H7I2N3OS. The van der Waals surface area contributed by atoms with Crippen LogP contribution < -0.4 is 11.2 Å². The standard InChI is InChI=1S/C8H7I2N3OS/c9-5-1-4(3-12-13-8(11)15)7(14)6(10)2-5/h1-3,14H,(H3,11,13,15). The molecule has 0 aliphatic heterocycles. The minimum absolute atomic E-state index is 0.0889. The number of hydrazone groups is 1. The van der Waals surface area contributed by atoms with Crippen LogP contribution in [-0.2, 0) is 0 Å². The fourth-order valence-corrected chi connectivity index (χ4v) is 2.79. The van der Waals surface area contributed by atoms with Gasteiger partial charge >= 0.3 is 0 Å². The summed E-state index contributed by atoms with van der Waals surface area (Å²) in [5.74, 6) is 0.199. The number of nitrogens with zero attached hydrogens (tertiary/aromatic N) is 1. The van der Waals surface area contributed by atoms with Gasteiger partial charge in [0.05, 0.1) is 9.78 Å². The van der Waals surface area contributed by atoms with E-state index in [1.807, 2.05) is 12.1 Å². The molecule has 15 heavy (non-hydrogen) atoms. The number of thiocarbonyl (C=S) groups is 1. The number of halogens is 2. The number of hydrogen-bond acceptors (Lipinski definition) is 3. The second kappa shape index (κ2) is 5.80. The molecule has 7 heteroatoms. The van der Waals surface area contributed by atoms with E-state index in [1.165, 1.54) is 6.21 Å². The van der Waals surface area contributed by atoms with Gasteiger partial charge in [0.1, 0.15) is 5.75 Å². The largest absolute Gasteiger partial charge is 0.506 e. The molecule has 0 unspecified atom stereocenters. The van der Waals surface area contributed by atoms with Gasteiger partial charge in [0.2, 0.25) is 0 Å². The maximum atomic E-state index is 9.69. The average molecular weight is 447 g/mol. The van der Waals surface area contributed by atoms with E-state index in [-0.39, 0.29) is 10.9 Å². The Hall–Kier alpha value is -0.160. The number of benzene rings is 1. The summed E-state index contributed by atoms with van der Waals surface area (Å²) in [7, 11) is 0. The van der Waals surface area contributed by atoms with Crippen LogP contribution in [0.15, 0.2) is 17.2 Å². The van der Waals surface area contributed by atoms with Crippen molar-refractivity contribution >= 4 is 68.7 Å². The number of nitrogens with two attached hydrogens (primary N) is 1. The molecule has 80 valence electrons. The lowest BCUT2D eigenvalue weighted by atomic mass is 10.2. The fourth-order valence-electron chi connectivity index (χ4n) is 0.850. The van der Waals surface area contributed by atoms with Crippen LogP contribution in [0.2, 0.25) is 0 Å². The molecule has 0 saturated carbocycles. The highest BCUT2D eigenvalue weighted by Gasteiger charge is 2.04. The SMILES string of the molecule is NC(=S)NN=Cc1cc(I)cc(I)c1O. The Morgan fingerprint density at radius 1 is 1.53 bits per heavy atom. The van der Waals surface area contributed by atoms with Crippen molar-refractivity contribution in [1.82, 2.24) is 5.43 Å². The molecule has 0 atom stereocenters. The smallest absolute Gasteiger partial charge is 0.184 e. The van der Waals surface area contributed by atoms with Crippen LogP contribution in [0, 0.1) is 7.14 Å². The third-order valence-corrected chi connectivity index (χ3v) is 2.97. The molecule has 1 aromatic carbocycles. The van der Waals surface area contributed by atoms with Crippen molar-refractivity contribution in [2.45, 2.75) is 0 Å². The summed E-state index contributed by atoms with van der Waals surface area (Å²) in [6.07, 6.45) is 1.47. The monoisotopic (exact) mass is 447 g/mol. The van der Waals surface area contributed by atoms with Crippen LogP contribution in [0.4, 0.5) is 0 Å². The first-order valence-corrected chi connectivity index (χ1v) is 6.34. The summed E-state index contributed by atoms with van der Waals surface area (Å²) < 4.78 is 1.79. The summed E-state index contributed by atoms with van der Waals surface area (Å²) in [4.78, 5) is 0. The third kappa shape index (κ3) is 4.07. The highest BCUT2D eigenvalue weighted by Crippen LogP contribution is 2.25. The van der Waals surface area contributed by atoms with Crippen molar-refractivity contribution in [2.24, 2.45) is 10.8 Å². The van der Waals surface area contributed by atoms with Gasteiger partial charge in [-0.1, -0.05) is 0 Å². The number of rotatable bonds is 2. The number of phenolic OH excluding ortho intramolecular Hbond substituents is 1. The van der Waals surface area contributed by atoms with E-state index >= 15 is 0 Å². The van der Waals surface area contributed by atoms with E-state index in [0.717, 1.165) is 7.14 Å². The molecule has 0 amide bonds. The molecule has 0 aliphatic carbocycles. The Kier molecular flexibility index (Phi) is 4.99. The molecule has 0 spiro atoms. The highest BCUT2D eigenvalue weighted by atomic mass is 127. The van der Waals surface area contributed by atoms with Gasteiger partial charge in [-0.05, 0) is 69.5 Å². The molecule has 4 N–H and O–H groups in total. The van der Waals surface area contributed by atoms with Crippen molar-refractivity contribution in [3.05, 3.63) is 24.8 Å². The van der Waals surface area contributed by atoms with Crippen LogP contribution in [0.25, 0.3) is 0 Å². The van der Waals surface area contributed by atoms with Gasteiger partial charge in [-0.2, -0.15) is 5.10 Å². The fraction of sp³-hybridized carbons (Fsp3) is 0. The van der Waals surface area contributed by atoms with Gasteiger partial charge in [-0.15, -0.1) is 0 Å². The molecule has 0 heterocycles. The summed E-state index contributed by atoms with van der Waals surface area (Å²) in [5.41, 5.74) is 8.24. The number of phenols is 1. The first-order chi connectivity index (χ1) is 7.00. The van der Waals surface area contributed by atoms with Crippen LogP contribution in [0.1, 0.15) is 5.56 Å². The zero-order valence-electron chi connectivity index (χ0n) is 7.37. The normalized spacial score (nSPS) is 10.5. The van der Waals surface area contributed by atoms with Gasteiger partial charge in [0, 0.05) is 9.13 Å². The third-order valence-electron chi connectivity index (χ3n) is 1.44. The molecular weight excluding hydrogens is 440 g/mol. The summed E-state index contributed by atoms with van der Waals surface area (Å²) in [6, 6.07) is 3.68. The minimum Gasteiger partial charge on any atom is -0.506 e.